The Bertz CT molecular complexity index is 787. The van der Waals surface area contributed by atoms with E-state index in [1.807, 2.05) is 72.5 Å². The average molecular weight is 417 g/mol. The van der Waals surface area contributed by atoms with E-state index < -0.39 is 13.3 Å². The molecule has 29 heavy (non-hydrogen) atoms. The average Bonchev–Trinajstić information content (AvgIpc) is 2.73. The summed E-state index contributed by atoms with van der Waals surface area (Å²) in [7, 11) is -3.34. The number of hydrogen-bond donors (Lipinski definition) is 0. The molecule has 1 unspecified atom stereocenters. The molecular weight excluding hydrogens is 385 g/mol. The maximum atomic E-state index is 13.3. The third-order valence-corrected chi connectivity index (χ3v) is 7.39. The SMILES string of the molecule is CCOP(=O)(OCC)[C@H](C)CC(=O)N(Cc1ccccc1)C(C)c1ccccc1. The van der Waals surface area contributed by atoms with Gasteiger partial charge < -0.3 is 13.9 Å². The van der Waals surface area contributed by atoms with Gasteiger partial charge in [0.05, 0.1) is 24.9 Å². The summed E-state index contributed by atoms with van der Waals surface area (Å²) in [6.45, 7) is 8.38. The van der Waals surface area contributed by atoms with Gasteiger partial charge in [-0.25, -0.2) is 0 Å². The first-order valence-corrected chi connectivity index (χ1v) is 11.8. The summed E-state index contributed by atoms with van der Waals surface area (Å²) in [6.07, 6.45) is 0.0985. The van der Waals surface area contributed by atoms with E-state index in [1.165, 1.54) is 0 Å². The second-order valence-electron chi connectivity index (χ2n) is 7.02. The number of carbonyl (C=O) groups is 1. The zero-order valence-corrected chi connectivity index (χ0v) is 18.7. The van der Waals surface area contributed by atoms with Crippen LogP contribution in [0.1, 0.15) is 51.3 Å². The number of hydrogen-bond acceptors (Lipinski definition) is 4. The molecule has 0 aliphatic heterocycles. The van der Waals surface area contributed by atoms with Crippen LogP contribution in [0.15, 0.2) is 60.7 Å². The molecule has 2 aromatic rings. The molecule has 0 spiro atoms. The van der Waals surface area contributed by atoms with Crippen molar-refractivity contribution in [1.29, 1.82) is 0 Å². The molecule has 2 atom stereocenters. The van der Waals surface area contributed by atoms with Crippen molar-refractivity contribution < 1.29 is 18.4 Å². The highest BCUT2D eigenvalue weighted by molar-refractivity contribution is 7.54. The molecule has 0 aliphatic rings. The van der Waals surface area contributed by atoms with Gasteiger partial charge >= 0.3 is 7.60 Å². The Labute approximate surface area is 174 Å². The second kappa shape index (κ2) is 11.3. The minimum absolute atomic E-state index is 0.0719. The molecule has 6 heteroatoms. The first-order valence-electron chi connectivity index (χ1n) is 10.2. The van der Waals surface area contributed by atoms with E-state index in [-0.39, 0.29) is 31.6 Å². The van der Waals surface area contributed by atoms with Crippen LogP contribution >= 0.6 is 7.60 Å². The molecule has 0 heterocycles. The van der Waals surface area contributed by atoms with Gasteiger partial charge in [-0.1, -0.05) is 67.6 Å². The van der Waals surface area contributed by atoms with Gasteiger partial charge in [-0.3, -0.25) is 9.36 Å². The lowest BCUT2D eigenvalue weighted by Crippen LogP contribution is -2.35. The smallest absolute Gasteiger partial charge is 0.332 e. The largest absolute Gasteiger partial charge is 0.333 e. The monoisotopic (exact) mass is 417 g/mol. The first-order chi connectivity index (χ1) is 13.9. The molecule has 0 saturated heterocycles. The minimum atomic E-state index is -3.34. The standard InChI is InChI=1S/C23H32NO4P/c1-5-27-29(26,28-6-2)19(3)17-23(25)24(18-21-13-9-7-10-14-21)20(4)22-15-11-8-12-16-22/h7-16,19-20H,5-6,17-18H2,1-4H3/t19-,20?/m1/s1. The van der Waals surface area contributed by atoms with E-state index in [1.54, 1.807) is 20.8 Å². The topological polar surface area (TPSA) is 55.8 Å². The molecule has 0 bridgehead atoms. The first kappa shape index (κ1) is 23.3. The molecule has 5 nitrogen and oxygen atoms in total. The van der Waals surface area contributed by atoms with E-state index in [4.69, 9.17) is 9.05 Å². The summed E-state index contributed by atoms with van der Waals surface area (Å²) in [5.41, 5.74) is 1.59. The van der Waals surface area contributed by atoms with Crippen molar-refractivity contribution in [2.24, 2.45) is 0 Å². The molecule has 0 radical (unpaired) electrons. The van der Waals surface area contributed by atoms with Gasteiger partial charge in [0.2, 0.25) is 5.91 Å². The molecule has 0 saturated carbocycles. The van der Waals surface area contributed by atoms with Crippen molar-refractivity contribution in [2.45, 2.75) is 52.4 Å². The van der Waals surface area contributed by atoms with Crippen LogP contribution in [0.3, 0.4) is 0 Å². The van der Waals surface area contributed by atoms with Crippen LogP contribution in [0.25, 0.3) is 0 Å². The highest BCUT2D eigenvalue weighted by Crippen LogP contribution is 2.54. The van der Waals surface area contributed by atoms with Crippen molar-refractivity contribution in [2.75, 3.05) is 13.2 Å². The third-order valence-electron chi connectivity index (χ3n) is 4.89. The van der Waals surface area contributed by atoms with E-state index in [0.717, 1.165) is 11.1 Å². The molecule has 0 aliphatic carbocycles. The Morgan fingerprint density at radius 1 is 0.931 bits per heavy atom. The summed E-state index contributed by atoms with van der Waals surface area (Å²) >= 11 is 0. The number of amides is 1. The van der Waals surface area contributed by atoms with Gasteiger partial charge in [0.15, 0.2) is 0 Å². The lowest BCUT2D eigenvalue weighted by molar-refractivity contribution is -0.134. The molecule has 2 aromatic carbocycles. The molecule has 1 amide bonds. The van der Waals surface area contributed by atoms with Crippen molar-refractivity contribution in [1.82, 2.24) is 4.90 Å². The summed E-state index contributed by atoms with van der Waals surface area (Å²) in [5, 5.41) is 0. The normalized spacial score (nSPS) is 13.7. The van der Waals surface area contributed by atoms with Gasteiger partial charge in [-0.15, -0.1) is 0 Å². The van der Waals surface area contributed by atoms with E-state index in [9.17, 15) is 9.36 Å². The van der Waals surface area contributed by atoms with Crippen molar-refractivity contribution >= 4 is 13.5 Å². The fourth-order valence-electron chi connectivity index (χ4n) is 3.27. The Morgan fingerprint density at radius 2 is 1.45 bits per heavy atom. The van der Waals surface area contributed by atoms with E-state index in [0.29, 0.717) is 6.54 Å². The number of benzene rings is 2. The van der Waals surface area contributed by atoms with Gasteiger partial charge in [0.25, 0.3) is 0 Å². The highest BCUT2D eigenvalue weighted by Gasteiger charge is 2.35. The van der Waals surface area contributed by atoms with Gasteiger partial charge in [-0.05, 0) is 31.9 Å². The summed E-state index contributed by atoms with van der Waals surface area (Å²) in [4.78, 5) is 15.2. The predicted octanol–water partition coefficient (Wildman–Crippen LogP) is 5.82. The molecule has 0 N–H and O–H groups in total. The van der Waals surface area contributed by atoms with Gasteiger partial charge in [0.1, 0.15) is 0 Å². The quantitative estimate of drug-likeness (QED) is 0.432. The van der Waals surface area contributed by atoms with Crippen molar-refractivity contribution in [3.63, 3.8) is 0 Å². The maximum absolute atomic E-state index is 13.3. The minimum Gasteiger partial charge on any atom is -0.332 e. The highest BCUT2D eigenvalue weighted by atomic mass is 31.2. The van der Waals surface area contributed by atoms with Crippen LogP contribution in [0.5, 0.6) is 0 Å². The van der Waals surface area contributed by atoms with Crippen LogP contribution in [-0.4, -0.2) is 29.7 Å². The summed E-state index contributed by atoms with van der Waals surface area (Å²) in [6, 6.07) is 19.7. The predicted molar refractivity (Wildman–Crippen MR) is 117 cm³/mol. The van der Waals surface area contributed by atoms with Crippen LogP contribution in [0, 0.1) is 0 Å². The molecule has 158 valence electrons. The van der Waals surface area contributed by atoms with E-state index >= 15 is 0 Å². The second-order valence-corrected chi connectivity index (χ2v) is 9.50. The Morgan fingerprint density at radius 3 is 1.97 bits per heavy atom. The van der Waals surface area contributed by atoms with Gasteiger partial charge in [-0.2, -0.15) is 0 Å². The lowest BCUT2D eigenvalue weighted by atomic mass is 10.0. The Kier molecular flexibility index (Phi) is 9.09. The van der Waals surface area contributed by atoms with Crippen molar-refractivity contribution in [3.05, 3.63) is 71.8 Å². The Balaban J connectivity index is 2.25. The summed E-state index contributed by atoms with van der Waals surface area (Å²) in [5.74, 6) is -0.0719. The Hall–Kier alpha value is -1.94. The van der Waals surface area contributed by atoms with Crippen LogP contribution in [-0.2, 0) is 25.0 Å². The molecule has 0 aromatic heterocycles. The summed E-state index contributed by atoms with van der Waals surface area (Å²) < 4.78 is 23.9. The zero-order chi connectivity index (χ0) is 21.3. The number of nitrogens with zero attached hydrogens (tertiary/aromatic N) is 1. The molecule has 0 fully saturated rings. The molecular formula is C23H32NO4P. The third kappa shape index (κ3) is 6.53. The number of rotatable bonds is 11. The molecule has 2 rings (SSSR count). The zero-order valence-electron chi connectivity index (χ0n) is 17.8. The lowest BCUT2D eigenvalue weighted by Gasteiger charge is -2.32. The van der Waals surface area contributed by atoms with Crippen molar-refractivity contribution in [3.8, 4) is 0 Å². The van der Waals surface area contributed by atoms with Gasteiger partial charge in [0, 0.05) is 13.0 Å². The number of carbonyl (C=O) groups excluding carboxylic acids is 1. The van der Waals surface area contributed by atoms with E-state index in [2.05, 4.69) is 0 Å². The maximum Gasteiger partial charge on any atom is 0.333 e. The fraction of sp³-hybridized carbons (Fsp3) is 0.435. The van der Waals surface area contributed by atoms with Crippen LogP contribution in [0.2, 0.25) is 0 Å². The fourth-order valence-corrected chi connectivity index (χ4v) is 4.95. The van der Waals surface area contributed by atoms with Crippen LogP contribution < -0.4 is 0 Å². The van der Waals surface area contributed by atoms with Crippen LogP contribution in [0.4, 0.5) is 0 Å².